The molecule has 1 amide bonds. The molecule has 186 valence electrons. The zero-order valence-electron chi connectivity index (χ0n) is 21.2. The first-order valence-electron chi connectivity index (χ1n) is 13.0. The molecule has 3 unspecified atom stereocenters. The number of hydrogen-bond acceptors (Lipinski definition) is 4. The van der Waals surface area contributed by atoms with Crippen molar-refractivity contribution in [3.05, 3.63) is 65.7 Å². The van der Waals surface area contributed by atoms with Crippen molar-refractivity contribution in [2.45, 2.75) is 89.3 Å². The van der Waals surface area contributed by atoms with Gasteiger partial charge in [0, 0.05) is 18.6 Å². The molecule has 2 aromatic carbocycles. The van der Waals surface area contributed by atoms with Crippen molar-refractivity contribution in [3.8, 4) is 5.75 Å². The van der Waals surface area contributed by atoms with Crippen LogP contribution in [-0.2, 0) is 4.79 Å². The third-order valence-electron chi connectivity index (χ3n) is 7.02. The monoisotopic (exact) mass is 465 g/mol. The fourth-order valence-corrected chi connectivity index (χ4v) is 4.72. The number of unbranched alkanes of at least 4 members (excludes halogenated alkanes) is 1. The topological polar surface area (TPSA) is 76.4 Å². The van der Waals surface area contributed by atoms with Crippen LogP contribution in [0.3, 0.4) is 0 Å². The Labute approximate surface area is 205 Å². The molecule has 0 bridgehead atoms. The van der Waals surface area contributed by atoms with Gasteiger partial charge in [-0.2, -0.15) is 0 Å². The molecule has 1 aliphatic rings. The van der Waals surface area contributed by atoms with Crippen molar-refractivity contribution in [1.82, 2.24) is 10.6 Å². The third-order valence-corrected chi connectivity index (χ3v) is 7.02. The Morgan fingerprint density at radius 2 is 1.71 bits per heavy atom. The molecule has 0 heterocycles. The number of hydrogen-bond donors (Lipinski definition) is 3. The molecule has 1 saturated carbocycles. The summed E-state index contributed by atoms with van der Waals surface area (Å²) in [6.45, 7) is 7.68. The van der Waals surface area contributed by atoms with Crippen molar-refractivity contribution in [1.29, 1.82) is 0 Å². The second-order valence-electron chi connectivity index (χ2n) is 10.0. The number of ether oxygens (including phenoxy) is 1. The average Bonchev–Trinajstić information content (AvgIpc) is 3.29. The van der Waals surface area contributed by atoms with E-state index in [-0.39, 0.29) is 29.5 Å². The minimum Gasteiger partial charge on any atom is -0.491 e. The first kappa shape index (κ1) is 26.2. The summed E-state index contributed by atoms with van der Waals surface area (Å²) in [7, 11) is 0. The predicted octanol–water partition coefficient (Wildman–Crippen LogP) is 5.47. The van der Waals surface area contributed by atoms with Crippen LogP contribution in [0.25, 0.3) is 0 Å². The van der Waals surface area contributed by atoms with Gasteiger partial charge < -0.3 is 21.1 Å². The first-order chi connectivity index (χ1) is 16.4. The molecule has 0 spiro atoms. The molecule has 4 N–H and O–H groups in total. The SMILES string of the molecule is CCCCC(C)Oc1ccc(C(CNCC2(N)CCCC2)NC(=O)C(C)c2ccccc2)cc1. The van der Waals surface area contributed by atoms with Gasteiger partial charge in [-0.05, 0) is 56.4 Å². The highest BCUT2D eigenvalue weighted by Gasteiger charge is 2.29. The molecule has 1 aliphatic carbocycles. The number of amides is 1. The second-order valence-corrected chi connectivity index (χ2v) is 10.0. The van der Waals surface area contributed by atoms with Crippen LogP contribution in [0.15, 0.2) is 54.6 Å². The van der Waals surface area contributed by atoms with Crippen LogP contribution in [0, 0.1) is 0 Å². The van der Waals surface area contributed by atoms with Crippen molar-refractivity contribution in [2.75, 3.05) is 13.1 Å². The summed E-state index contributed by atoms with van der Waals surface area (Å²) in [4.78, 5) is 13.1. The van der Waals surface area contributed by atoms with Crippen LogP contribution in [0.5, 0.6) is 5.75 Å². The Bertz CT molecular complexity index is 863. The Morgan fingerprint density at radius 1 is 1.03 bits per heavy atom. The summed E-state index contributed by atoms with van der Waals surface area (Å²) < 4.78 is 6.07. The van der Waals surface area contributed by atoms with E-state index in [1.54, 1.807) is 0 Å². The van der Waals surface area contributed by atoms with E-state index in [0.717, 1.165) is 42.7 Å². The standard InChI is InChI=1S/C29H43N3O2/c1-4-5-11-22(2)34-26-16-14-25(15-17-26)27(20-31-21-29(30)18-9-10-19-29)32-28(33)23(3)24-12-7-6-8-13-24/h6-8,12-17,22-23,27,31H,4-5,9-11,18-21,30H2,1-3H3,(H,32,33). The maximum Gasteiger partial charge on any atom is 0.227 e. The zero-order chi connectivity index (χ0) is 24.4. The first-order valence-corrected chi connectivity index (χ1v) is 13.0. The summed E-state index contributed by atoms with van der Waals surface area (Å²) in [6.07, 6.45) is 8.11. The molecule has 34 heavy (non-hydrogen) atoms. The maximum absolute atomic E-state index is 13.1. The van der Waals surface area contributed by atoms with E-state index in [4.69, 9.17) is 10.5 Å². The summed E-state index contributed by atoms with van der Waals surface area (Å²) in [5.74, 6) is 0.672. The van der Waals surface area contributed by atoms with E-state index in [1.165, 1.54) is 25.7 Å². The summed E-state index contributed by atoms with van der Waals surface area (Å²) in [5.41, 5.74) is 8.50. The van der Waals surface area contributed by atoms with E-state index in [0.29, 0.717) is 6.54 Å². The molecule has 1 fully saturated rings. The lowest BCUT2D eigenvalue weighted by Gasteiger charge is -2.27. The molecular weight excluding hydrogens is 422 g/mol. The Hall–Kier alpha value is -2.37. The van der Waals surface area contributed by atoms with Crippen LogP contribution in [0.4, 0.5) is 0 Å². The van der Waals surface area contributed by atoms with Gasteiger partial charge in [0.05, 0.1) is 18.1 Å². The number of carbonyl (C=O) groups excluding carboxylic acids is 1. The highest BCUT2D eigenvalue weighted by molar-refractivity contribution is 5.83. The van der Waals surface area contributed by atoms with Crippen LogP contribution in [0.2, 0.25) is 0 Å². The molecule has 0 aromatic heterocycles. The van der Waals surface area contributed by atoms with Gasteiger partial charge in [-0.3, -0.25) is 4.79 Å². The molecule has 0 saturated heterocycles. The lowest BCUT2D eigenvalue weighted by atomic mass is 9.98. The van der Waals surface area contributed by atoms with Crippen LogP contribution in [0.1, 0.15) is 88.8 Å². The maximum atomic E-state index is 13.1. The van der Waals surface area contributed by atoms with Crippen molar-refractivity contribution >= 4 is 5.91 Å². The minimum atomic E-state index is -0.221. The van der Waals surface area contributed by atoms with E-state index in [9.17, 15) is 4.79 Å². The zero-order valence-corrected chi connectivity index (χ0v) is 21.2. The fourth-order valence-electron chi connectivity index (χ4n) is 4.72. The van der Waals surface area contributed by atoms with Gasteiger partial charge in [-0.15, -0.1) is 0 Å². The molecule has 0 radical (unpaired) electrons. The highest BCUT2D eigenvalue weighted by atomic mass is 16.5. The number of rotatable bonds is 13. The Morgan fingerprint density at radius 3 is 2.35 bits per heavy atom. The smallest absolute Gasteiger partial charge is 0.227 e. The number of nitrogens with two attached hydrogens (primary N) is 1. The second kappa shape index (κ2) is 12.9. The van der Waals surface area contributed by atoms with Gasteiger partial charge >= 0.3 is 0 Å². The molecule has 2 aromatic rings. The quantitative estimate of drug-likeness (QED) is 0.367. The summed E-state index contributed by atoms with van der Waals surface area (Å²) in [5, 5.41) is 6.82. The van der Waals surface area contributed by atoms with Gasteiger partial charge in [-0.25, -0.2) is 0 Å². The van der Waals surface area contributed by atoms with Gasteiger partial charge in [0.1, 0.15) is 5.75 Å². The lowest BCUT2D eigenvalue weighted by molar-refractivity contribution is -0.123. The highest BCUT2D eigenvalue weighted by Crippen LogP contribution is 2.27. The van der Waals surface area contributed by atoms with Crippen molar-refractivity contribution < 1.29 is 9.53 Å². The molecule has 0 aliphatic heterocycles. The summed E-state index contributed by atoms with van der Waals surface area (Å²) in [6, 6.07) is 17.9. The van der Waals surface area contributed by atoms with Gasteiger partial charge in [0.2, 0.25) is 5.91 Å². The average molecular weight is 466 g/mol. The minimum absolute atomic E-state index is 0.0230. The van der Waals surface area contributed by atoms with Gasteiger partial charge in [-0.1, -0.05) is 75.1 Å². The predicted molar refractivity (Wildman–Crippen MR) is 140 cm³/mol. The fraction of sp³-hybridized carbons (Fsp3) is 0.552. The molecule has 3 atom stereocenters. The third kappa shape index (κ3) is 7.85. The van der Waals surface area contributed by atoms with Crippen LogP contribution < -0.4 is 21.1 Å². The summed E-state index contributed by atoms with van der Waals surface area (Å²) >= 11 is 0. The van der Waals surface area contributed by atoms with E-state index >= 15 is 0 Å². The number of carbonyl (C=O) groups is 1. The van der Waals surface area contributed by atoms with Gasteiger partial charge in [0.25, 0.3) is 0 Å². The van der Waals surface area contributed by atoms with Crippen LogP contribution >= 0.6 is 0 Å². The normalized spacial score (nSPS) is 17.6. The molecule has 3 rings (SSSR count). The molecule has 5 nitrogen and oxygen atoms in total. The van der Waals surface area contributed by atoms with Gasteiger partial charge in [0.15, 0.2) is 0 Å². The Kier molecular flexibility index (Phi) is 9.97. The Balaban J connectivity index is 1.66. The number of nitrogens with one attached hydrogen (secondary N) is 2. The lowest BCUT2D eigenvalue weighted by Crippen LogP contribution is -2.48. The molecular formula is C29H43N3O2. The van der Waals surface area contributed by atoms with E-state index in [1.807, 2.05) is 49.4 Å². The van der Waals surface area contributed by atoms with E-state index in [2.05, 4.69) is 36.6 Å². The van der Waals surface area contributed by atoms with Crippen molar-refractivity contribution in [2.24, 2.45) is 5.73 Å². The largest absolute Gasteiger partial charge is 0.491 e. The van der Waals surface area contributed by atoms with Crippen molar-refractivity contribution in [3.63, 3.8) is 0 Å². The molecule has 5 heteroatoms. The number of benzene rings is 2. The van der Waals surface area contributed by atoms with Crippen LogP contribution in [-0.4, -0.2) is 30.6 Å². The van der Waals surface area contributed by atoms with E-state index < -0.39 is 0 Å².